The Morgan fingerprint density at radius 1 is 1.46 bits per heavy atom. The van der Waals surface area contributed by atoms with Crippen LogP contribution in [-0.2, 0) is 24.1 Å². The average Bonchev–Trinajstić information content (AvgIpc) is 2.95. The van der Waals surface area contributed by atoms with Crippen LogP contribution in [0, 0.1) is 16.0 Å². The van der Waals surface area contributed by atoms with Gasteiger partial charge in [0.2, 0.25) is 5.91 Å². The van der Waals surface area contributed by atoms with Crippen molar-refractivity contribution in [2.24, 2.45) is 5.92 Å². The zero-order valence-electron chi connectivity index (χ0n) is 13.4. The van der Waals surface area contributed by atoms with Crippen molar-refractivity contribution in [3.8, 4) is 0 Å². The number of para-hydroxylation sites is 1. The summed E-state index contributed by atoms with van der Waals surface area (Å²) in [5.41, 5.74) is 1.47. The Morgan fingerprint density at radius 2 is 2.25 bits per heavy atom. The van der Waals surface area contributed by atoms with E-state index in [-0.39, 0.29) is 18.0 Å². The maximum atomic E-state index is 12.2. The highest BCUT2D eigenvalue weighted by atomic mass is 32.1. The molecule has 1 N–H and O–H groups in total. The summed E-state index contributed by atoms with van der Waals surface area (Å²) in [6.07, 6.45) is 4.28. The zero-order valence-corrected chi connectivity index (χ0v) is 14.3. The third-order valence-corrected chi connectivity index (χ3v) is 5.44. The first-order valence-electron chi connectivity index (χ1n) is 8.07. The van der Waals surface area contributed by atoms with Crippen LogP contribution in [0.4, 0.5) is 10.8 Å². The number of nitro benzene ring substituents is 1. The summed E-state index contributed by atoms with van der Waals surface area (Å²) in [5, 5.41) is 14.4. The topological polar surface area (TPSA) is 85.1 Å². The Labute approximate surface area is 144 Å². The summed E-state index contributed by atoms with van der Waals surface area (Å²) in [6.45, 7) is 2.20. The fourth-order valence-electron chi connectivity index (χ4n) is 3.02. The fraction of sp³-hybridized carbons (Fsp3) is 0.412. The van der Waals surface area contributed by atoms with Gasteiger partial charge < -0.3 is 5.32 Å². The third kappa shape index (κ3) is 3.62. The number of nitrogens with zero attached hydrogens (tertiary/aromatic N) is 2. The summed E-state index contributed by atoms with van der Waals surface area (Å²) in [7, 11) is 0. The molecule has 0 saturated carbocycles. The van der Waals surface area contributed by atoms with E-state index < -0.39 is 4.92 Å². The molecule has 1 aliphatic rings. The lowest BCUT2D eigenvalue weighted by Crippen LogP contribution is -2.15. The van der Waals surface area contributed by atoms with Crippen molar-refractivity contribution < 1.29 is 9.72 Å². The molecule has 1 atom stereocenters. The van der Waals surface area contributed by atoms with E-state index in [0.717, 1.165) is 31.4 Å². The number of aryl methyl sites for hydroxylation is 1. The van der Waals surface area contributed by atoms with Gasteiger partial charge in [-0.15, -0.1) is 11.3 Å². The number of rotatable bonds is 5. The third-order valence-electron chi connectivity index (χ3n) is 4.40. The van der Waals surface area contributed by atoms with E-state index in [1.165, 1.54) is 22.3 Å². The number of carbonyl (C=O) groups excluding carboxylic acids is 1. The number of aromatic nitrogens is 1. The summed E-state index contributed by atoms with van der Waals surface area (Å²) in [5.74, 6) is 0.427. The highest BCUT2D eigenvalue weighted by molar-refractivity contribution is 7.15. The second-order valence-electron chi connectivity index (χ2n) is 6.02. The van der Waals surface area contributed by atoms with E-state index in [1.54, 1.807) is 18.2 Å². The van der Waals surface area contributed by atoms with Crippen molar-refractivity contribution in [1.82, 2.24) is 4.98 Å². The lowest BCUT2D eigenvalue weighted by atomic mass is 9.89. The van der Waals surface area contributed by atoms with Crippen LogP contribution in [0.25, 0.3) is 0 Å². The molecule has 0 radical (unpaired) electrons. The molecule has 1 amide bonds. The number of fused-ring (bicyclic) bond motifs is 1. The molecular formula is C17H19N3O3S. The highest BCUT2D eigenvalue weighted by Gasteiger charge is 2.22. The molecule has 3 rings (SSSR count). The monoisotopic (exact) mass is 345 g/mol. The fourth-order valence-corrected chi connectivity index (χ4v) is 4.16. The highest BCUT2D eigenvalue weighted by Crippen LogP contribution is 2.33. The number of hydrogen-bond donors (Lipinski definition) is 1. The Kier molecular flexibility index (Phi) is 4.89. The molecule has 0 fully saturated rings. The van der Waals surface area contributed by atoms with E-state index >= 15 is 0 Å². The summed E-state index contributed by atoms with van der Waals surface area (Å²) in [4.78, 5) is 28.5. The van der Waals surface area contributed by atoms with Crippen LogP contribution in [0.15, 0.2) is 24.3 Å². The van der Waals surface area contributed by atoms with Gasteiger partial charge in [0.15, 0.2) is 5.13 Å². The van der Waals surface area contributed by atoms with Crippen LogP contribution in [0.3, 0.4) is 0 Å². The van der Waals surface area contributed by atoms with Crippen molar-refractivity contribution >= 4 is 28.1 Å². The smallest absolute Gasteiger partial charge is 0.273 e. The van der Waals surface area contributed by atoms with E-state index in [4.69, 9.17) is 0 Å². The first-order chi connectivity index (χ1) is 11.6. The number of thiazole rings is 1. The maximum Gasteiger partial charge on any atom is 0.273 e. The number of benzene rings is 1. The number of amides is 1. The molecule has 1 unspecified atom stereocenters. The Hall–Kier alpha value is -2.28. The molecule has 24 heavy (non-hydrogen) atoms. The van der Waals surface area contributed by atoms with Gasteiger partial charge >= 0.3 is 0 Å². The second kappa shape index (κ2) is 7.09. The molecule has 1 aromatic heterocycles. The SMILES string of the molecule is CCC1CCc2nc(NC(=O)Cc3ccccc3[N+](=O)[O-])sc2C1. The quantitative estimate of drug-likeness (QED) is 0.660. The normalized spacial score (nSPS) is 16.5. The van der Waals surface area contributed by atoms with E-state index in [9.17, 15) is 14.9 Å². The molecule has 1 heterocycles. The Morgan fingerprint density at radius 3 is 3.00 bits per heavy atom. The minimum Gasteiger partial charge on any atom is -0.302 e. The van der Waals surface area contributed by atoms with Crippen LogP contribution in [-0.4, -0.2) is 15.8 Å². The molecule has 1 aromatic carbocycles. The zero-order chi connectivity index (χ0) is 17.1. The van der Waals surface area contributed by atoms with Gasteiger partial charge in [-0.25, -0.2) is 4.98 Å². The van der Waals surface area contributed by atoms with E-state index in [1.807, 2.05) is 0 Å². The largest absolute Gasteiger partial charge is 0.302 e. The molecule has 0 spiro atoms. The van der Waals surface area contributed by atoms with Crippen molar-refractivity contribution in [2.45, 2.75) is 39.0 Å². The van der Waals surface area contributed by atoms with Crippen molar-refractivity contribution in [3.63, 3.8) is 0 Å². The van der Waals surface area contributed by atoms with Crippen LogP contribution in [0.5, 0.6) is 0 Å². The summed E-state index contributed by atoms with van der Waals surface area (Å²) in [6, 6.07) is 6.31. The molecule has 6 nitrogen and oxygen atoms in total. The molecule has 2 aromatic rings. The van der Waals surface area contributed by atoms with Gasteiger partial charge in [-0.1, -0.05) is 31.5 Å². The number of hydrogen-bond acceptors (Lipinski definition) is 5. The van der Waals surface area contributed by atoms with E-state index in [0.29, 0.717) is 16.6 Å². The Bertz CT molecular complexity index is 772. The molecule has 0 bridgehead atoms. The molecule has 0 aliphatic heterocycles. The number of anilines is 1. The minimum absolute atomic E-state index is 0.0288. The first-order valence-corrected chi connectivity index (χ1v) is 8.89. The average molecular weight is 345 g/mol. The predicted molar refractivity (Wildman–Crippen MR) is 93.4 cm³/mol. The van der Waals surface area contributed by atoms with Crippen molar-refractivity contribution in [2.75, 3.05) is 5.32 Å². The Balaban J connectivity index is 1.68. The number of nitro groups is 1. The number of carbonyl (C=O) groups is 1. The van der Waals surface area contributed by atoms with E-state index in [2.05, 4.69) is 17.2 Å². The number of nitrogens with one attached hydrogen (secondary N) is 1. The first kappa shape index (κ1) is 16.6. The maximum absolute atomic E-state index is 12.2. The van der Waals surface area contributed by atoms with Gasteiger partial charge in [0.05, 0.1) is 17.0 Å². The molecule has 7 heteroatoms. The van der Waals surface area contributed by atoms with Crippen LogP contribution in [0.1, 0.15) is 35.9 Å². The van der Waals surface area contributed by atoms with Gasteiger partial charge in [0, 0.05) is 16.5 Å². The summed E-state index contributed by atoms with van der Waals surface area (Å²) < 4.78 is 0. The van der Waals surface area contributed by atoms with Gasteiger partial charge in [-0.3, -0.25) is 14.9 Å². The van der Waals surface area contributed by atoms with Crippen LogP contribution >= 0.6 is 11.3 Å². The molecule has 126 valence electrons. The van der Waals surface area contributed by atoms with Gasteiger partial charge in [-0.05, 0) is 25.2 Å². The lowest BCUT2D eigenvalue weighted by Gasteiger charge is -2.18. The second-order valence-corrected chi connectivity index (χ2v) is 7.10. The molecule has 0 saturated heterocycles. The van der Waals surface area contributed by atoms with Gasteiger partial charge in [0.25, 0.3) is 5.69 Å². The van der Waals surface area contributed by atoms with Crippen molar-refractivity contribution in [1.29, 1.82) is 0 Å². The minimum atomic E-state index is -0.463. The predicted octanol–water partition coefficient (Wildman–Crippen LogP) is 3.75. The molecule has 1 aliphatic carbocycles. The van der Waals surface area contributed by atoms with Crippen LogP contribution < -0.4 is 5.32 Å². The van der Waals surface area contributed by atoms with Crippen molar-refractivity contribution in [3.05, 3.63) is 50.5 Å². The lowest BCUT2D eigenvalue weighted by molar-refractivity contribution is -0.385. The van der Waals surface area contributed by atoms with Gasteiger partial charge in [-0.2, -0.15) is 0 Å². The standard InChI is InChI=1S/C17H19N3O3S/c1-2-11-7-8-13-15(9-11)24-17(18-13)19-16(21)10-12-5-3-4-6-14(12)20(22)23/h3-6,11H,2,7-10H2,1H3,(H,18,19,21). The van der Waals surface area contributed by atoms with Gasteiger partial charge in [0.1, 0.15) is 0 Å². The molecular weight excluding hydrogens is 326 g/mol. The summed E-state index contributed by atoms with van der Waals surface area (Å²) >= 11 is 1.53. The van der Waals surface area contributed by atoms with Crippen LogP contribution in [0.2, 0.25) is 0 Å².